The molecule has 0 aliphatic carbocycles. The van der Waals surface area contributed by atoms with Gasteiger partial charge in [-0.3, -0.25) is 4.55 Å². The van der Waals surface area contributed by atoms with Gasteiger partial charge in [0.1, 0.15) is 0 Å². The normalized spacial score (nSPS) is 15.0. The van der Waals surface area contributed by atoms with E-state index in [9.17, 15) is 18.1 Å². The Morgan fingerprint density at radius 3 is 1.81 bits per heavy atom. The fourth-order valence-electron chi connectivity index (χ4n) is 2.60. The van der Waals surface area contributed by atoms with Crippen molar-refractivity contribution in [2.75, 3.05) is 0 Å². The Morgan fingerprint density at radius 1 is 0.762 bits per heavy atom. The van der Waals surface area contributed by atoms with Crippen molar-refractivity contribution in [3.63, 3.8) is 0 Å². The Hall–Kier alpha value is -0.130. The van der Waals surface area contributed by atoms with Crippen molar-refractivity contribution < 1.29 is 18.1 Å². The van der Waals surface area contributed by atoms with Crippen LogP contribution in [0.2, 0.25) is 0 Å². The highest BCUT2D eigenvalue weighted by molar-refractivity contribution is 7.86. The van der Waals surface area contributed by atoms with E-state index in [2.05, 4.69) is 13.8 Å². The van der Waals surface area contributed by atoms with Crippen molar-refractivity contribution >= 4 is 10.1 Å². The maximum Gasteiger partial charge on any atom is 0.267 e. The van der Waals surface area contributed by atoms with E-state index in [4.69, 9.17) is 0 Å². The number of rotatable bonds is 14. The molecule has 4 nitrogen and oxygen atoms in total. The lowest BCUT2D eigenvalue weighted by Gasteiger charge is -2.15. The van der Waals surface area contributed by atoms with Crippen LogP contribution in [0.5, 0.6) is 0 Å². The van der Waals surface area contributed by atoms with Gasteiger partial charge in [-0.1, -0.05) is 58.8 Å². The molecule has 5 heteroatoms. The van der Waals surface area contributed by atoms with Crippen LogP contribution in [-0.2, 0) is 10.1 Å². The Morgan fingerprint density at radius 2 is 1.24 bits per heavy atom. The average Bonchev–Trinajstić information content (AvgIpc) is 2.40. The standard InChI is InChI=1S/C16H34O4S/c1-3-5-7-9-13-16(21(18,19)20)14-10-12-15(17)11-8-6-4-2/h15-17H,3-14H2,1-2H3,(H,18,19,20). The number of hydrogen-bond donors (Lipinski definition) is 2. The van der Waals surface area contributed by atoms with Crippen molar-refractivity contribution in [1.29, 1.82) is 0 Å². The van der Waals surface area contributed by atoms with Gasteiger partial charge in [-0.25, -0.2) is 0 Å². The first-order chi connectivity index (χ1) is 9.91. The van der Waals surface area contributed by atoms with Crippen molar-refractivity contribution in [3.8, 4) is 0 Å². The van der Waals surface area contributed by atoms with Gasteiger partial charge >= 0.3 is 0 Å². The van der Waals surface area contributed by atoms with Crippen LogP contribution >= 0.6 is 0 Å². The SMILES string of the molecule is CCCCCCC(CCCC(O)CCCCC)S(=O)(=O)O. The second kappa shape index (κ2) is 12.4. The van der Waals surface area contributed by atoms with Crippen molar-refractivity contribution in [1.82, 2.24) is 0 Å². The van der Waals surface area contributed by atoms with E-state index >= 15 is 0 Å². The molecule has 0 rings (SSSR count). The predicted molar refractivity (Wildman–Crippen MR) is 88.1 cm³/mol. The molecule has 0 aromatic heterocycles. The monoisotopic (exact) mass is 322 g/mol. The molecule has 0 aliphatic heterocycles. The summed E-state index contributed by atoms with van der Waals surface area (Å²) in [7, 11) is -3.95. The Kier molecular flexibility index (Phi) is 12.3. The molecule has 0 saturated heterocycles. The van der Waals surface area contributed by atoms with Gasteiger partial charge in [0.05, 0.1) is 11.4 Å². The highest BCUT2D eigenvalue weighted by Crippen LogP contribution is 2.19. The minimum atomic E-state index is -3.95. The maximum atomic E-state index is 11.4. The van der Waals surface area contributed by atoms with Crippen LogP contribution in [0.15, 0.2) is 0 Å². The molecule has 0 fully saturated rings. The zero-order chi connectivity index (χ0) is 16.1. The number of aliphatic hydroxyl groups excluding tert-OH is 1. The summed E-state index contributed by atoms with van der Waals surface area (Å²) < 4.78 is 32.0. The molecular weight excluding hydrogens is 288 g/mol. The van der Waals surface area contributed by atoms with Crippen LogP contribution in [0, 0.1) is 0 Å². The fourth-order valence-corrected chi connectivity index (χ4v) is 3.53. The van der Waals surface area contributed by atoms with Gasteiger partial charge in [0.2, 0.25) is 0 Å². The highest BCUT2D eigenvalue weighted by Gasteiger charge is 2.22. The highest BCUT2D eigenvalue weighted by atomic mass is 32.2. The minimum absolute atomic E-state index is 0.335. The molecule has 0 spiro atoms. The Labute approximate surface area is 131 Å². The van der Waals surface area contributed by atoms with Gasteiger partial charge in [-0.2, -0.15) is 8.42 Å². The molecule has 0 saturated carbocycles. The average molecular weight is 323 g/mol. The van der Waals surface area contributed by atoms with Crippen molar-refractivity contribution in [2.45, 2.75) is 102 Å². The molecule has 21 heavy (non-hydrogen) atoms. The summed E-state index contributed by atoms with van der Waals surface area (Å²) in [5, 5.41) is 9.17. The van der Waals surface area contributed by atoms with Gasteiger partial charge < -0.3 is 5.11 Å². The Balaban J connectivity index is 3.96. The van der Waals surface area contributed by atoms with E-state index in [0.717, 1.165) is 51.4 Å². The first kappa shape index (κ1) is 20.9. The molecular formula is C16H34O4S. The zero-order valence-corrected chi connectivity index (χ0v) is 14.6. The van der Waals surface area contributed by atoms with Crippen molar-refractivity contribution in [2.24, 2.45) is 0 Å². The summed E-state index contributed by atoms with van der Waals surface area (Å²) in [4.78, 5) is 0. The van der Waals surface area contributed by atoms with E-state index in [0.29, 0.717) is 25.7 Å². The lowest BCUT2D eigenvalue weighted by atomic mass is 10.0. The van der Waals surface area contributed by atoms with Crippen LogP contribution in [0.1, 0.15) is 90.9 Å². The molecule has 128 valence electrons. The van der Waals surface area contributed by atoms with E-state index in [1.165, 1.54) is 0 Å². The molecule has 0 aromatic rings. The van der Waals surface area contributed by atoms with Crippen LogP contribution < -0.4 is 0 Å². The summed E-state index contributed by atoms with van der Waals surface area (Å²) in [6.07, 6.45) is 10.1. The predicted octanol–water partition coefficient (Wildman–Crippen LogP) is 4.32. The van der Waals surface area contributed by atoms with Gasteiger partial charge in [0, 0.05) is 0 Å². The van der Waals surface area contributed by atoms with Gasteiger partial charge in [-0.15, -0.1) is 0 Å². The second-order valence-corrected chi connectivity index (χ2v) is 7.76. The number of unbranched alkanes of at least 4 members (excludes halogenated alkanes) is 5. The summed E-state index contributed by atoms with van der Waals surface area (Å²) in [5.74, 6) is 0. The molecule has 2 unspecified atom stereocenters. The minimum Gasteiger partial charge on any atom is -0.393 e. The maximum absolute atomic E-state index is 11.4. The molecule has 2 atom stereocenters. The molecule has 0 aliphatic rings. The summed E-state index contributed by atoms with van der Waals surface area (Å²) in [6, 6.07) is 0. The van der Waals surface area contributed by atoms with E-state index in [1.54, 1.807) is 0 Å². The molecule has 2 N–H and O–H groups in total. The third-order valence-electron chi connectivity index (χ3n) is 4.01. The summed E-state index contributed by atoms with van der Waals surface area (Å²) in [6.45, 7) is 4.24. The summed E-state index contributed by atoms with van der Waals surface area (Å²) in [5.41, 5.74) is 0. The first-order valence-electron chi connectivity index (χ1n) is 8.56. The Bertz CT molecular complexity index is 327. The molecule has 0 amide bonds. The summed E-state index contributed by atoms with van der Waals surface area (Å²) >= 11 is 0. The zero-order valence-electron chi connectivity index (χ0n) is 13.8. The first-order valence-corrected chi connectivity index (χ1v) is 10.1. The molecule has 0 bridgehead atoms. The molecule has 0 heterocycles. The molecule has 0 aromatic carbocycles. The quantitative estimate of drug-likeness (QED) is 0.369. The van der Waals surface area contributed by atoms with E-state index in [-0.39, 0.29) is 6.10 Å². The topological polar surface area (TPSA) is 74.6 Å². The smallest absolute Gasteiger partial charge is 0.267 e. The third kappa shape index (κ3) is 12.1. The second-order valence-electron chi connectivity index (χ2n) is 6.07. The lowest BCUT2D eigenvalue weighted by Crippen LogP contribution is -2.21. The van der Waals surface area contributed by atoms with Gasteiger partial charge in [0.15, 0.2) is 0 Å². The van der Waals surface area contributed by atoms with E-state index < -0.39 is 15.4 Å². The van der Waals surface area contributed by atoms with Gasteiger partial charge in [0.25, 0.3) is 10.1 Å². The van der Waals surface area contributed by atoms with Crippen LogP contribution in [0.25, 0.3) is 0 Å². The van der Waals surface area contributed by atoms with Crippen molar-refractivity contribution in [3.05, 3.63) is 0 Å². The van der Waals surface area contributed by atoms with Crippen LogP contribution in [0.3, 0.4) is 0 Å². The number of aliphatic hydroxyl groups is 1. The van der Waals surface area contributed by atoms with E-state index in [1.807, 2.05) is 0 Å². The largest absolute Gasteiger partial charge is 0.393 e. The van der Waals surface area contributed by atoms with Crippen LogP contribution in [-0.4, -0.2) is 29.4 Å². The van der Waals surface area contributed by atoms with Crippen LogP contribution in [0.4, 0.5) is 0 Å². The lowest BCUT2D eigenvalue weighted by molar-refractivity contribution is 0.147. The third-order valence-corrected chi connectivity index (χ3v) is 5.32. The number of hydrogen-bond acceptors (Lipinski definition) is 3. The van der Waals surface area contributed by atoms with Gasteiger partial charge in [-0.05, 0) is 32.1 Å². The molecule has 0 radical (unpaired) electrons. The fraction of sp³-hybridized carbons (Fsp3) is 1.00.